The molecule has 25 heavy (non-hydrogen) atoms. The number of hydrogen-bond acceptors (Lipinski definition) is 5. The Morgan fingerprint density at radius 1 is 1.16 bits per heavy atom. The lowest BCUT2D eigenvalue weighted by molar-refractivity contribution is 0.242. The van der Waals surface area contributed by atoms with E-state index in [-0.39, 0.29) is 5.56 Å². The van der Waals surface area contributed by atoms with Gasteiger partial charge in [-0.25, -0.2) is 15.0 Å². The van der Waals surface area contributed by atoms with Gasteiger partial charge < -0.3 is 4.98 Å². The van der Waals surface area contributed by atoms with Gasteiger partial charge >= 0.3 is 0 Å². The van der Waals surface area contributed by atoms with Crippen LogP contribution in [0.4, 0.5) is 0 Å². The van der Waals surface area contributed by atoms with E-state index in [1.54, 1.807) is 12.4 Å². The first-order valence-electron chi connectivity index (χ1n) is 8.03. The van der Waals surface area contributed by atoms with E-state index in [1.165, 1.54) is 11.9 Å². The number of nitrogens with zero attached hydrogens (tertiary/aromatic N) is 4. The minimum absolute atomic E-state index is 0.0929. The number of fused-ring (bicyclic) bond motifs is 1. The molecular formula is C18H16ClN5O. The maximum absolute atomic E-state index is 12.5. The lowest BCUT2D eigenvalue weighted by atomic mass is 10.1. The van der Waals surface area contributed by atoms with Crippen molar-refractivity contribution < 1.29 is 0 Å². The second kappa shape index (κ2) is 6.74. The molecule has 7 heteroatoms. The number of hydrogen-bond donors (Lipinski definition) is 1. The summed E-state index contributed by atoms with van der Waals surface area (Å²) in [7, 11) is 0. The van der Waals surface area contributed by atoms with E-state index in [1.807, 2.05) is 24.3 Å². The van der Waals surface area contributed by atoms with Gasteiger partial charge in [0.1, 0.15) is 12.2 Å². The van der Waals surface area contributed by atoms with Gasteiger partial charge in [-0.2, -0.15) is 0 Å². The number of aromatic amines is 1. The summed E-state index contributed by atoms with van der Waals surface area (Å²) in [5.74, 6) is 0.524. The summed E-state index contributed by atoms with van der Waals surface area (Å²) in [6.45, 7) is 2.23. The summed E-state index contributed by atoms with van der Waals surface area (Å²) in [6.07, 6.45) is 5.49. The van der Waals surface area contributed by atoms with Gasteiger partial charge in [0, 0.05) is 43.5 Å². The van der Waals surface area contributed by atoms with Crippen molar-refractivity contribution in [3.05, 3.63) is 75.2 Å². The van der Waals surface area contributed by atoms with E-state index >= 15 is 0 Å². The highest BCUT2D eigenvalue weighted by molar-refractivity contribution is 6.30. The Morgan fingerprint density at radius 2 is 1.92 bits per heavy atom. The van der Waals surface area contributed by atoms with Crippen molar-refractivity contribution in [3.63, 3.8) is 0 Å². The van der Waals surface area contributed by atoms with Crippen molar-refractivity contribution in [1.29, 1.82) is 0 Å². The molecule has 4 rings (SSSR count). The molecule has 2 aromatic heterocycles. The molecule has 0 bridgehead atoms. The Kier molecular flexibility index (Phi) is 4.29. The van der Waals surface area contributed by atoms with Crippen LogP contribution >= 0.6 is 11.6 Å². The highest BCUT2D eigenvalue weighted by Crippen LogP contribution is 2.19. The van der Waals surface area contributed by atoms with Crippen LogP contribution in [0.25, 0.3) is 11.4 Å². The quantitative estimate of drug-likeness (QED) is 0.782. The number of H-pyrrole nitrogens is 1. The molecule has 0 saturated heterocycles. The van der Waals surface area contributed by atoms with Crippen LogP contribution in [-0.4, -0.2) is 31.4 Å². The highest BCUT2D eigenvalue weighted by Gasteiger charge is 2.21. The Labute approximate surface area is 149 Å². The maximum atomic E-state index is 12.5. The fourth-order valence-corrected chi connectivity index (χ4v) is 3.15. The lowest BCUT2D eigenvalue weighted by Gasteiger charge is -2.27. The van der Waals surface area contributed by atoms with Crippen molar-refractivity contribution in [2.24, 2.45) is 0 Å². The monoisotopic (exact) mass is 353 g/mol. The average molecular weight is 354 g/mol. The van der Waals surface area contributed by atoms with Gasteiger partial charge in [0.15, 0.2) is 0 Å². The van der Waals surface area contributed by atoms with Gasteiger partial charge in [-0.3, -0.25) is 9.69 Å². The van der Waals surface area contributed by atoms with E-state index in [9.17, 15) is 4.79 Å². The summed E-state index contributed by atoms with van der Waals surface area (Å²) in [6, 6.07) is 7.80. The molecule has 0 fully saturated rings. The third-order valence-electron chi connectivity index (χ3n) is 4.30. The number of halogens is 1. The standard InChI is InChI=1S/C18H16ClN5O/c19-14-3-1-12(2-4-14)9-24-6-5-16-15(10-24)18(25)23-17(22-16)13-7-20-11-21-8-13/h1-4,7-8,11H,5-6,9-10H2,(H,22,23,25). The zero-order valence-corrected chi connectivity index (χ0v) is 14.2. The highest BCUT2D eigenvalue weighted by atomic mass is 35.5. The molecule has 0 unspecified atom stereocenters. The summed E-state index contributed by atoms with van der Waals surface area (Å²) in [4.78, 5) is 30.2. The maximum Gasteiger partial charge on any atom is 0.255 e. The van der Waals surface area contributed by atoms with Crippen LogP contribution in [0.3, 0.4) is 0 Å². The van der Waals surface area contributed by atoms with Gasteiger partial charge in [0.05, 0.1) is 16.8 Å². The van der Waals surface area contributed by atoms with Crippen molar-refractivity contribution in [1.82, 2.24) is 24.8 Å². The van der Waals surface area contributed by atoms with Crippen LogP contribution in [0.5, 0.6) is 0 Å². The molecule has 0 atom stereocenters. The normalized spacial score (nSPS) is 14.3. The first kappa shape index (κ1) is 15.9. The van der Waals surface area contributed by atoms with Crippen LogP contribution in [0, 0.1) is 0 Å². The zero-order chi connectivity index (χ0) is 17.2. The van der Waals surface area contributed by atoms with E-state index in [2.05, 4.69) is 24.8 Å². The van der Waals surface area contributed by atoms with Crippen molar-refractivity contribution in [3.8, 4) is 11.4 Å². The Bertz CT molecular complexity index is 940. The molecule has 0 saturated carbocycles. The van der Waals surface area contributed by atoms with E-state index in [0.717, 1.165) is 35.8 Å². The Balaban J connectivity index is 1.57. The molecule has 0 radical (unpaired) electrons. The van der Waals surface area contributed by atoms with Crippen molar-refractivity contribution in [2.45, 2.75) is 19.5 Å². The fourth-order valence-electron chi connectivity index (χ4n) is 3.02. The predicted octanol–water partition coefficient (Wildman–Crippen LogP) is 2.44. The minimum Gasteiger partial charge on any atom is -0.306 e. The summed E-state index contributed by atoms with van der Waals surface area (Å²) in [5, 5.41) is 0.728. The summed E-state index contributed by atoms with van der Waals surface area (Å²) >= 11 is 5.93. The molecule has 3 heterocycles. The first-order valence-corrected chi connectivity index (χ1v) is 8.41. The molecule has 3 aromatic rings. The molecule has 0 amide bonds. The van der Waals surface area contributed by atoms with Crippen LogP contribution < -0.4 is 5.56 Å². The van der Waals surface area contributed by atoms with Crippen LogP contribution in [-0.2, 0) is 19.5 Å². The topological polar surface area (TPSA) is 74.8 Å². The minimum atomic E-state index is -0.0929. The number of benzene rings is 1. The average Bonchev–Trinajstić information content (AvgIpc) is 2.65. The second-order valence-electron chi connectivity index (χ2n) is 6.05. The van der Waals surface area contributed by atoms with E-state index in [4.69, 9.17) is 11.6 Å². The fraction of sp³-hybridized carbons (Fsp3) is 0.222. The number of nitrogens with one attached hydrogen (secondary N) is 1. The van der Waals surface area contributed by atoms with Crippen LogP contribution in [0.2, 0.25) is 5.02 Å². The summed E-state index contributed by atoms with van der Waals surface area (Å²) in [5.41, 5.74) is 3.39. The molecule has 1 aliphatic heterocycles. The Hall–Kier alpha value is -2.57. The van der Waals surface area contributed by atoms with Gasteiger partial charge in [-0.1, -0.05) is 23.7 Å². The van der Waals surface area contributed by atoms with Gasteiger partial charge in [0.25, 0.3) is 5.56 Å². The molecule has 1 aromatic carbocycles. The van der Waals surface area contributed by atoms with Gasteiger partial charge in [-0.15, -0.1) is 0 Å². The largest absolute Gasteiger partial charge is 0.306 e. The third-order valence-corrected chi connectivity index (χ3v) is 4.55. The zero-order valence-electron chi connectivity index (χ0n) is 13.4. The lowest BCUT2D eigenvalue weighted by Crippen LogP contribution is -2.35. The van der Waals surface area contributed by atoms with Gasteiger partial charge in [-0.05, 0) is 17.7 Å². The SMILES string of the molecule is O=c1[nH]c(-c2cncnc2)nc2c1CN(Cc1ccc(Cl)cc1)CC2. The third kappa shape index (κ3) is 3.45. The second-order valence-corrected chi connectivity index (χ2v) is 6.49. The van der Waals surface area contributed by atoms with E-state index < -0.39 is 0 Å². The molecule has 0 spiro atoms. The molecular weight excluding hydrogens is 338 g/mol. The molecule has 1 N–H and O–H groups in total. The number of aromatic nitrogens is 4. The summed E-state index contributed by atoms with van der Waals surface area (Å²) < 4.78 is 0. The molecule has 0 aliphatic carbocycles. The van der Waals surface area contributed by atoms with Crippen molar-refractivity contribution in [2.75, 3.05) is 6.54 Å². The van der Waals surface area contributed by atoms with Crippen molar-refractivity contribution >= 4 is 11.6 Å². The molecule has 126 valence electrons. The van der Waals surface area contributed by atoms with Crippen LogP contribution in [0.15, 0.2) is 47.8 Å². The number of rotatable bonds is 3. The first-order chi connectivity index (χ1) is 12.2. The smallest absolute Gasteiger partial charge is 0.255 e. The Morgan fingerprint density at radius 3 is 2.68 bits per heavy atom. The van der Waals surface area contributed by atoms with E-state index in [0.29, 0.717) is 17.9 Å². The molecule has 1 aliphatic rings. The molecule has 6 nitrogen and oxygen atoms in total. The van der Waals surface area contributed by atoms with Crippen LogP contribution in [0.1, 0.15) is 16.8 Å². The predicted molar refractivity (Wildman–Crippen MR) is 95.2 cm³/mol. The van der Waals surface area contributed by atoms with Gasteiger partial charge in [0.2, 0.25) is 0 Å².